The van der Waals surface area contributed by atoms with Crippen LogP contribution in [0.4, 0.5) is 0 Å². The van der Waals surface area contributed by atoms with Crippen LogP contribution in [0.25, 0.3) is 0 Å². The van der Waals surface area contributed by atoms with Crippen LogP contribution in [0, 0.1) is 17.3 Å². The predicted molar refractivity (Wildman–Crippen MR) is 73.1 cm³/mol. The van der Waals surface area contributed by atoms with E-state index >= 15 is 0 Å². The fraction of sp³-hybridized carbons (Fsp3) is 0.714. The molecule has 0 radical (unpaired) electrons. The average molecular weight is 292 g/mol. The minimum Gasteiger partial charge on any atom is -0.481 e. The molecule has 1 aromatic rings. The van der Waals surface area contributed by atoms with Crippen molar-refractivity contribution in [2.45, 2.75) is 39.8 Å². The highest BCUT2D eigenvalue weighted by Gasteiger charge is 2.66. The Morgan fingerprint density at radius 1 is 1.43 bits per heavy atom. The van der Waals surface area contributed by atoms with Crippen molar-refractivity contribution in [3.63, 3.8) is 0 Å². The lowest BCUT2D eigenvalue weighted by Gasteiger charge is -2.28. The van der Waals surface area contributed by atoms with Crippen LogP contribution in [-0.4, -0.2) is 43.4 Å². The highest BCUT2D eigenvalue weighted by atomic mass is 16.4. The molecule has 21 heavy (non-hydrogen) atoms. The third-order valence-corrected chi connectivity index (χ3v) is 4.87. The molecule has 1 aliphatic heterocycles. The number of rotatable bonds is 3. The molecule has 2 heterocycles. The van der Waals surface area contributed by atoms with Gasteiger partial charge in [-0.3, -0.25) is 9.59 Å². The van der Waals surface area contributed by atoms with Crippen molar-refractivity contribution in [3.05, 3.63) is 11.9 Å². The molecule has 7 heteroatoms. The van der Waals surface area contributed by atoms with E-state index < -0.39 is 17.3 Å². The number of carbonyl (C=O) groups excluding carboxylic acids is 1. The molecule has 114 valence electrons. The Kier molecular flexibility index (Phi) is 3.22. The molecular formula is C14H20N4O3. The molecule has 0 aromatic carbocycles. The minimum atomic E-state index is -0.862. The van der Waals surface area contributed by atoms with E-state index in [-0.39, 0.29) is 11.8 Å². The lowest BCUT2D eigenvalue weighted by Crippen LogP contribution is -2.41. The van der Waals surface area contributed by atoms with Gasteiger partial charge in [0.25, 0.3) is 0 Å². The topological polar surface area (TPSA) is 88.3 Å². The number of fused-ring (bicyclic) bond motifs is 1. The van der Waals surface area contributed by atoms with Gasteiger partial charge in [-0.05, 0) is 18.8 Å². The van der Waals surface area contributed by atoms with Crippen LogP contribution in [0.1, 0.15) is 32.4 Å². The van der Waals surface area contributed by atoms with E-state index in [1.165, 1.54) is 0 Å². The summed E-state index contributed by atoms with van der Waals surface area (Å²) < 4.78 is 1.82. The molecule has 3 rings (SSSR count). The van der Waals surface area contributed by atoms with E-state index in [0.29, 0.717) is 19.5 Å². The summed E-state index contributed by atoms with van der Waals surface area (Å²) in [4.78, 5) is 26.0. The summed E-state index contributed by atoms with van der Waals surface area (Å²) in [6.07, 6.45) is 2.94. The first-order valence-electron chi connectivity index (χ1n) is 7.36. The number of aromatic nitrogens is 3. The zero-order valence-corrected chi connectivity index (χ0v) is 12.3. The molecule has 0 spiro atoms. The van der Waals surface area contributed by atoms with Gasteiger partial charge in [0.2, 0.25) is 5.91 Å². The predicted octanol–water partition coefficient (Wildman–Crippen LogP) is 0.757. The Bertz CT molecular complexity index is 583. The van der Waals surface area contributed by atoms with Crippen LogP contribution in [0.15, 0.2) is 6.20 Å². The van der Waals surface area contributed by atoms with Crippen molar-refractivity contribution >= 4 is 11.9 Å². The Labute approximate surface area is 122 Å². The number of hydrogen-bond acceptors (Lipinski definition) is 4. The van der Waals surface area contributed by atoms with Crippen molar-refractivity contribution in [2.24, 2.45) is 17.3 Å². The quantitative estimate of drug-likeness (QED) is 0.888. The third kappa shape index (κ3) is 2.11. The van der Waals surface area contributed by atoms with E-state index in [1.807, 2.05) is 18.5 Å². The van der Waals surface area contributed by atoms with Gasteiger partial charge in [0.15, 0.2) is 0 Å². The monoisotopic (exact) mass is 292 g/mol. The first-order valence-corrected chi connectivity index (χ1v) is 7.36. The van der Waals surface area contributed by atoms with Gasteiger partial charge in [0.1, 0.15) is 0 Å². The molecule has 2 aliphatic rings. The van der Waals surface area contributed by atoms with Crippen molar-refractivity contribution < 1.29 is 14.7 Å². The van der Waals surface area contributed by atoms with Gasteiger partial charge in [-0.15, -0.1) is 5.10 Å². The standard InChI is InChI=1S/C14H20N4O3/c1-9(2)14(6-11(14)12(19)20)13(21)17-4-3-5-18-10(8-17)7-15-16-18/h7,9,11H,3-6,8H2,1-2H3,(H,19,20)/t11-,14+/m0/s1. The van der Waals surface area contributed by atoms with Crippen molar-refractivity contribution in [2.75, 3.05) is 6.54 Å². The van der Waals surface area contributed by atoms with Gasteiger partial charge in [-0.2, -0.15) is 0 Å². The fourth-order valence-corrected chi connectivity index (χ4v) is 3.45. The molecule has 1 saturated carbocycles. The molecule has 1 N–H and O–H groups in total. The number of aryl methyl sites for hydroxylation is 1. The summed E-state index contributed by atoms with van der Waals surface area (Å²) in [6, 6.07) is 0. The second kappa shape index (κ2) is 4.82. The maximum Gasteiger partial charge on any atom is 0.307 e. The van der Waals surface area contributed by atoms with Crippen LogP contribution in [0.2, 0.25) is 0 Å². The Balaban J connectivity index is 1.83. The molecule has 1 amide bonds. The summed E-state index contributed by atoms with van der Waals surface area (Å²) >= 11 is 0. The largest absolute Gasteiger partial charge is 0.481 e. The van der Waals surface area contributed by atoms with Crippen LogP contribution >= 0.6 is 0 Å². The molecule has 0 unspecified atom stereocenters. The van der Waals surface area contributed by atoms with E-state index in [9.17, 15) is 14.7 Å². The third-order valence-electron chi connectivity index (χ3n) is 4.87. The van der Waals surface area contributed by atoms with Gasteiger partial charge in [0.05, 0.1) is 29.8 Å². The Hall–Kier alpha value is -1.92. The normalized spacial score (nSPS) is 28.1. The number of amides is 1. The SMILES string of the molecule is CC(C)[C@]1(C(=O)N2CCCn3nncc3C2)C[C@H]1C(=O)O. The second-order valence-electron chi connectivity index (χ2n) is 6.32. The van der Waals surface area contributed by atoms with Gasteiger partial charge in [-0.25, -0.2) is 4.68 Å². The molecule has 2 atom stereocenters. The van der Waals surface area contributed by atoms with E-state index in [1.54, 1.807) is 11.1 Å². The van der Waals surface area contributed by atoms with Gasteiger partial charge < -0.3 is 10.0 Å². The summed E-state index contributed by atoms with van der Waals surface area (Å²) in [5.41, 5.74) is 0.182. The van der Waals surface area contributed by atoms with E-state index in [2.05, 4.69) is 10.3 Å². The van der Waals surface area contributed by atoms with Gasteiger partial charge in [0, 0.05) is 13.1 Å². The van der Waals surface area contributed by atoms with Crippen molar-refractivity contribution in [1.82, 2.24) is 19.9 Å². The molecule has 7 nitrogen and oxygen atoms in total. The number of nitrogens with zero attached hydrogens (tertiary/aromatic N) is 4. The minimum absolute atomic E-state index is 0.0254. The molecule has 1 fully saturated rings. The van der Waals surface area contributed by atoms with Gasteiger partial charge in [-0.1, -0.05) is 19.1 Å². The zero-order chi connectivity index (χ0) is 15.2. The summed E-state index contributed by atoms with van der Waals surface area (Å²) in [5, 5.41) is 17.1. The fourth-order valence-electron chi connectivity index (χ4n) is 3.45. The summed E-state index contributed by atoms with van der Waals surface area (Å²) in [7, 11) is 0. The van der Waals surface area contributed by atoms with Crippen molar-refractivity contribution in [1.29, 1.82) is 0 Å². The lowest BCUT2D eigenvalue weighted by molar-refractivity contribution is -0.147. The number of carboxylic acid groups (broad SMARTS) is 1. The molecule has 1 aliphatic carbocycles. The summed E-state index contributed by atoms with van der Waals surface area (Å²) in [5.74, 6) is -1.41. The van der Waals surface area contributed by atoms with Crippen LogP contribution in [0.3, 0.4) is 0 Å². The molecule has 0 saturated heterocycles. The Morgan fingerprint density at radius 3 is 2.81 bits per heavy atom. The van der Waals surface area contributed by atoms with E-state index in [4.69, 9.17) is 0 Å². The first-order chi connectivity index (χ1) is 9.96. The maximum absolute atomic E-state index is 12.9. The molecule has 1 aromatic heterocycles. The molecule has 0 bridgehead atoms. The van der Waals surface area contributed by atoms with Crippen LogP contribution in [0.5, 0.6) is 0 Å². The van der Waals surface area contributed by atoms with Crippen LogP contribution < -0.4 is 0 Å². The van der Waals surface area contributed by atoms with Crippen molar-refractivity contribution in [3.8, 4) is 0 Å². The number of carboxylic acids is 1. The number of aliphatic carboxylic acids is 1. The lowest BCUT2D eigenvalue weighted by atomic mass is 9.88. The molecular weight excluding hydrogens is 272 g/mol. The number of hydrogen-bond donors (Lipinski definition) is 1. The van der Waals surface area contributed by atoms with Gasteiger partial charge >= 0.3 is 5.97 Å². The average Bonchev–Trinajstić information content (AvgIpc) is 3.12. The highest BCUT2D eigenvalue weighted by molar-refractivity contribution is 5.93. The smallest absolute Gasteiger partial charge is 0.307 e. The van der Waals surface area contributed by atoms with Crippen LogP contribution in [-0.2, 0) is 22.7 Å². The Morgan fingerprint density at radius 2 is 2.19 bits per heavy atom. The first kappa shape index (κ1) is 14.0. The second-order valence-corrected chi connectivity index (χ2v) is 6.32. The highest BCUT2D eigenvalue weighted by Crippen LogP contribution is 2.59. The maximum atomic E-state index is 12.9. The van der Waals surface area contributed by atoms with E-state index in [0.717, 1.165) is 18.7 Å². The number of carbonyl (C=O) groups is 2. The zero-order valence-electron chi connectivity index (χ0n) is 12.3. The summed E-state index contributed by atoms with van der Waals surface area (Å²) in [6.45, 7) is 5.72.